The number of fused-ring (bicyclic) bond motifs is 1. The number of urea groups is 1. The van der Waals surface area contributed by atoms with Crippen molar-refractivity contribution in [3.05, 3.63) is 47.5 Å². The van der Waals surface area contributed by atoms with E-state index >= 15 is 0 Å². The largest absolute Gasteiger partial charge is 0.334 e. The van der Waals surface area contributed by atoms with Crippen molar-refractivity contribution in [2.45, 2.75) is 26.6 Å². The van der Waals surface area contributed by atoms with E-state index in [4.69, 9.17) is 0 Å². The Bertz CT molecular complexity index is 607. The maximum atomic E-state index is 12.1. The fourth-order valence-electron chi connectivity index (χ4n) is 2.36. The van der Waals surface area contributed by atoms with Gasteiger partial charge in [-0.25, -0.2) is 4.79 Å². The third-order valence-corrected chi connectivity index (χ3v) is 3.51. The van der Waals surface area contributed by atoms with E-state index in [0.29, 0.717) is 19.6 Å². The molecular formula is C14H17N5O. The molecule has 104 valence electrons. The molecule has 2 heterocycles. The van der Waals surface area contributed by atoms with Gasteiger partial charge in [-0.1, -0.05) is 30.3 Å². The van der Waals surface area contributed by atoms with Crippen LogP contribution < -0.4 is 5.32 Å². The smallest absolute Gasteiger partial charge is 0.318 e. The Balaban J connectivity index is 1.59. The SMILES string of the molecule is Cc1nnc2n1CCN(C(=O)NCc1ccccc1)C2. The van der Waals surface area contributed by atoms with Gasteiger partial charge in [0.15, 0.2) is 5.82 Å². The molecule has 0 fully saturated rings. The highest BCUT2D eigenvalue weighted by molar-refractivity contribution is 5.74. The number of hydrogen-bond acceptors (Lipinski definition) is 3. The minimum absolute atomic E-state index is 0.0549. The molecule has 20 heavy (non-hydrogen) atoms. The number of benzene rings is 1. The number of carbonyl (C=O) groups excluding carboxylic acids is 1. The van der Waals surface area contributed by atoms with Gasteiger partial charge in [0.05, 0.1) is 6.54 Å². The van der Waals surface area contributed by atoms with Gasteiger partial charge in [-0.05, 0) is 12.5 Å². The van der Waals surface area contributed by atoms with Crippen LogP contribution in [0, 0.1) is 6.92 Å². The first-order valence-corrected chi connectivity index (χ1v) is 6.69. The molecule has 0 bridgehead atoms. The van der Waals surface area contributed by atoms with Gasteiger partial charge in [0.2, 0.25) is 0 Å². The maximum absolute atomic E-state index is 12.1. The first-order chi connectivity index (χ1) is 9.74. The van der Waals surface area contributed by atoms with Crippen LogP contribution in [0.25, 0.3) is 0 Å². The van der Waals surface area contributed by atoms with Crippen molar-refractivity contribution in [1.82, 2.24) is 25.0 Å². The van der Waals surface area contributed by atoms with E-state index in [1.165, 1.54) is 0 Å². The predicted molar refractivity (Wildman–Crippen MR) is 73.8 cm³/mol. The van der Waals surface area contributed by atoms with Crippen LogP contribution in [0.1, 0.15) is 17.2 Å². The summed E-state index contributed by atoms with van der Waals surface area (Å²) in [5.41, 5.74) is 1.09. The number of nitrogens with one attached hydrogen (secondary N) is 1. The molecule has 0 spiro atoms. The minimum Gasteiger partial charge on any atom is -0.334 e. The van der Waals surface area contributed by atoms with E-state index in [9.17, 15) is 4.79 Å². The summed E-state index contributed by atoms with van der Waals surface area (Å²) >= 11 is 0. The minimum atomic E-state index is -0.0549. The predicted octanol–water partition coefficient (Wildman–Crippen LogP) is 1.31. The molecule has 2 aromatic rings. The van der Waals surface area contributed by atoms with Crippen molar-refractivity contribution in [1.29, 1.82) is 0 Å². The third-order valence-electron chi connectivity index (χ3n) is 3.51. The normalized spacial score (nSPS) is 13.9. The molecule has 2 amide bonds. The molecule has 1 aromatic carbocycles. The van der Waals surface area contributed by atoms with Crippen molar-refractivity contribution in [3.8, 4) is 0 Å². The fraction of sp³-hybridized carbons (Fsp3) is 0.357. The van der Waals surface area contributed by atoms with Crippen LogP contribution in [0.2, 0.25) is 0 Å². The second kappa shape index (κ2) is 5.32. The lowest BCUT2D eigenvalue weighted by Crippen LogP contribution is -2.44. The van der Waals surface area contributed by atoms with Gasteiger partial charge >= 0.3 is 6.03 Å². The number of aryl methyl sites for hydroxylation is 1. The zero-order valence-electron chi connectivity index (χ0n) is 11.4. The second-order valence-corrected chi connectivity index (χ2v) is 4.88. The van der Waals surface area contributed by atoms with Gasteiger partial charge in [0.1, 0.15) is 5.82 Å². The number of rotatable bonds is 2. The van der Waals surface area contributed by atoms with Crippen LogP contribution in [-0.2, 0) is 19.6 Å². The molecule has 1 aromatic heterocycles. The molecule has 0 atom stereocenters. The van der Waals surface area contributed by atoms with Crippen molar-refractivity contribution in [2.75, 3.05) is 6.54 Å². The van der Waals surface area contributed by atoms with Crippen molar-refractivity contribution >= 4 is 6.03 Å². The average Bonchev–Trinajstić information content (AvgIpc) is 2.87. The third kappa shape index (κ3) is 2.49. The Morgan fingerprint density at radius 3 is 2.85 bits per heavy atom. The Labute approximate surface area is 117 Å². The summed E-state index contributed by atoms with van der Waals surface area (Å²) < 4.78 is 2.06. The van der Waals surface area contributed by atoms with Crippen LogP contribution >= 0.6 is 0 Å². The lowest BCUT2D eigenvalue weighted by atomic mass is 10.2. The van der Waals surface area contributed by atoms with E-state index < -0.39 is 0 Å². The molecule has 0 saturated carbocycles. The molecule has 0 radical (unpaired) electrons. The van der Waals surface area contributed by atoms with Crippen LogP contribution in [0.5, 0.6) is 0 Å². The Morgan fingerprint density at radius 2 is 2.05 bits per heavy atom. The number of aromatic nitrogens is 3. The molecule has 1 N–H and O–H groups in total. The molecule has 3 rings (SSSR count). The Kier molecular flexibility index (Phi) is 3.37. The van der Waals surface area contributed by atoms with Crippen LogP contribution in [0.4, 0.5) is 4.79 Å². The molecule has 1 aliphatic heterocycles. The lowest BCUT2D eigenvalue weighted by molar-refractivity contribution is 0.181. The van der Waals surface area contributed by atoms with Crippen molar-refractivity contribution in [2.24, 2.45) is 0 Å². The highest BCUT2D eigenvalue weighted by Gasteiger charge is 2.22. The van der Waals surface area contributed by atoms with E-state index in [0.717, 1.165) is 23.8 Å². The summed E-state index contributed by atoms with van der Waals surface area (Å²) in [5.74, 6) is 1.76. The summed E-state index contributed by atoms with van der Waals surface area (Å²) in [6, 6.07) is 9.83. The molecular weight excluding hydrogens is 254 g/mol. The standard InChI is InChI=1S/C14H17N5O/c1-11-16-17-13-10-18(7-8-19(11)13)14(20)15-9-12-5-3-2-4-6-12/h2-6H,7-10H2,1H3,(H,15,20). The topological polar surface area (TPSA) is 63.1 Å². The number of amides is 2. The van der Waals surface area contributed by atoms with Crippen LogP contribution in [-0.4, -0.2) is 32.2 Å². The van der Waals surface area contributed by atoms with Crippen LogP contribution in [0.3, 0.4) is 0 Å². The summed E-state index contributed by atoms with van der Waals surface area (Å²) in [5, 5.41) is 11.1. The van der Waals surface area contributed by atoms with Crippen molar-refractivity contribution in [3.63, 3.8) is 0 Å². The van der Waals surface area contributed by atoms with Gasteiger partial charge in [0, 0.05) is 19.6 Å². The number of carbonyl (C=O) groups is 1. The second-order valence-electron chi connectivity index (χ2n) is 4.88. The molecule has 6 nitrogen and oxygen atoms in total. The molecule has 0 aliphatic carbocycles. The first kappa shape index (κ1) is 12.7. The number of hydrogen-bond donors (Lipinski definition) is 1. The molecule has 0 unspecified atom stereocenters. The van der Waals surface area contributed by atoms with Gasteiger partial charge in [-0.15, -0.1) is 10.2 Å². The summed E-state index contributed by atoms with van der Waals surface area (Å²) in [4.78, 5) is 13.9. The van der Waals surface area contributed by atoms with E-state index in [-0.39, 0.29) is 6.03 Å². The van der Waals surface area contributed by atoms with Crippen LogP contribution in [0.15, 0.2) is 30.3 Å². The molecule has 6 heteroatoms. The lowest BCUT2D eigenvalue weighted by Gasteiger charge is -2.27. The Morgan fingerprint density at radius 1 is 1.25 bits per heavy atom. The van der Waals surface area contributed by atoms with Gasteiger partial charge < -0.3 is 14.8 Å². The van der Waals surface area contributed by atoms with E-state index in [1.54, 1.807) is 4.90 Å². The van der Waals surface area contributed by atoms with E-state index in [2.05, 4.69) is 20.1 Å². The zero-order valence-corrected chi connectivity index (χ0v) is 11.4. The number of nitrogens with zero attached hydrogens (tertiary/aromatic N) is 4. The summed E-state index contributed by atoms with van der Waals surface area (Å²) in [6.45, 7) is 4.43. The summed E-state index contributed by atoms with van der Waals surface area (Å²) in [7, 11) is 0. The quantitative estimate of drug-likeness (QED) is 0.895. The first-order valence-electron chi connectivity index (χ1n) is 6.69. The monoisotopic (exact) mass is 271 g/mol. The van der Waals surface area contributed by atoms with Crippen molar-refractivity contribution < 1.29 is 4.79 Å². The highest BCUT2D eigenvalue weighted by atomic mass is 16.2. The van der Waals surface area contributed by atoms with Gasteiger partial charge in [0.25, 0.3) is 0 Å². The summed E-state index contributed by atoms with van der Waals surface area (Å²) in [6.07, 6.45) is 0. The highest BCUT2D eigenvalue weighted by Crippen LogP contribution is 2.11. The van der Waals surface area contributed by atoms with Gasteiger partial charge in [-0.2, -0.15) is 0 Å². The Hall–Kier alpha value is -2.37. The van der Waals surface area contributed by atoms with E-state index in [1.807, 2.05) is 37.3 Å². The maximum Gasteiger partial charge on any atom is 0.318 e. The average molecular weight is 271 g/mol. The molecule has 0 saturated heterocycles. The van der Waals surface area contributed by atoms with Gasteiger partial charge in [-0.3, -0.25) is 0 Å². The molecule has 1 aliphatic rings. The zero-order chi connectivity index (χ0) is 13.9. The fourth-order valence-corrected chi connectivity index (χ4v) is 2.36.